The number of methoxy groups -OCH3 is 1. The highest BCUT2D eigenvalue weighted by molar-refractivity contribution is 5.85. The Morgan fingerprint density at radius 2 is 1.83 bits per heavy atom. The zero-order valence-corrected chi connectivity index (χ0v) is 20.1. The SMILES string of the molecule is COC(=O)COc1cc(C2CC(CNCc3cccc4ccccc34)Oc3ccccc32)ccc1F. The number of carbonyl (C=O) groups excluding carboxylic acids is 1. The van der Waals surface area contributed by atoms with Crippen LogP contribution in [-0.2, 0) is 16.1 Å². The number of halogens is 1. The maximum Gasteiger partial charge on any atom is 0.343 e. The van der Waals surface area contributed by atoms with Crippen molar-refractivity contribution in [2.75, 3.05) is 20.3 Å². The fourth-order valence-electron chi connectivity index (χ4n) is 4.79. The van der Waals surface area contributed by atoms with Gasteiger partial charge in [-0.15, -0.1) is 0 Å². The maximum absolute atomic E-state index is 14.4. The third-order valence-electron chi connectivity index (χ3n) is 6.58. The van der Waals surface area contributed by atoms with Crippen molar-refractivity contribution in [3.8, 4) is 11.5 Å². The summed E-state index contributed by atoms with van der Waals surface area (Å²) < 4.78 is 30.7. The molecule has 1 aliphatic rings. The third-order valence-corrected chi connectivity index (χ3v) is 6.58. The zero-order chi connectivity index (χ0) is 24.9. The largest absolute Gasteiger partial charge is 0.489 e. The summed E-state index contributed by atoms with van der Waals surface area (Å²) in [5.74, 6) is -0.218. The molecule has 0 saturated carbocycles. The van der Waals surface area contributed by atoms with Crippen LogP contribution in [0.25, 0.3) is 10.8 Å². The van der Waals surface area contributed by atoms with E-state index < -0.39 is 11.8 Å². The van der Waals surface area contributed by atoms with Crippen LogP contribution in [0, 0.1) is 5.82 Å². The molecule has 184 valence electrons. The maximum atomic E-state index is 14.4. The van der Waals surface area contributed by atoms with E-state index in [1.807, 2.05) is 30.3 Å². The number of rotatable bonds is 8. The quantitative estimate of drug-likeness (QED) is 0.329. The molecule has 1 N–H and O–H groups in total. The Labute approximate surface area is 209 Å². The van der Waals surface area contributed by atoms with Gasteiger partial charge < -0.3 is 19.5 Å². The molecule has 0 bridgehead atoms. The van der Waals surface area contributed by atoms with Crippen molar-refractivity contribution in [2.45, 2.75) is 25.0 Å². The molecule has 6 heteroatoms. The number of carbonyl (C=O) groups is 1. The van der Waals surface area contributed by atoms with E-state index in [1.165, 1.54) is 29.5 Å². The number of fused-ring (bicyclic) bond motifs is 2. The molecular weight excluding hydrogens is 457 g/mol. The van der Waals surface area contributed by atoms with Gasteiger partial charge in [0.15, 0.2) is 18.2 Å². The third kappa shape index (κ3) is 5.19. The Morgan fingerprint density at radius 1 is 1.03 bits per heavy atom. The van der Waals surface area contributed by atoms with E-state index in [-0.39, 0.29) is 24.4 Å². The lowest BCUT2D eigenvalue weighted by atomic mass is 9.84. The second-order valence-corrected chi connectivity index (χ2v) is 8.89. The number of benzene rings is 4. The molecule has 4 aromatic carbocycles. The standard InChI is InChI=1S/C30H28FNO4/c1-34-30(33)19-35-29-15-21(13-14-27(29)31)26-16-23(36-28-12-5-4-11-25(26)28)18-32-17-22-9-6-8-20-7-2-3-10-24(20)22/h2-15,23,26,32H,16-19H2,1H3. The summed E-state index contributed by atoms with van der Waals surface area (Å²) in [7, 11) is 1.27. The summed E-state index contributed by atoms with van der Waals surface area (Å²) in [5, 5.41) is 6.03. The zero-order valence-electron chi connectivity index (χ0n) is 20.1. The van der Waals surface area contributed by atoms with Gasteiger partial charge >= 0.3 is 5.97 Å². The first-order valence-electron chi connectivity index (χ1n) is 12.0. The van der Waals surface area contributed by atoms with Gasteiger partial charge in [-0.2, -0.15) is 0 Å². The number of esters is 1. The molecule has 0 saturated heterocycles. The van der Waals surface area contributed by atoms with Crippen molar-refractivity contribution in [3.05, 3.63) is 107 Å². The molecule has 4 aromatic rings. The summed E-state index contributed by atoms with van der Waals surface area (Å²) >= 11 is 0. The predicted octanol–water partition coefficient (Wildman–Crippen LogP) is 5.60. The molecule has 36 heavy (non-hydrogen) atoms. The highest BCUT2D eigenvalue weighted by atomic mass is 19.1. The first-order valence-corrected chi connectivity index (χ1v) is 12.0. The molecule has 2 atom stereocenters. The van der Waals surface area contributed by atoms with Gasteiger partial charge in [-0.25, -0.2) is 9.18 Å². The van der Waals surface area contributed by atoms with E-state index in [0.29, 0.717) is 6.54 Å². The monoisotopic (exact) mass is 485 g/mol. The summed E-state index contributed by atoms with van der Waals surface area (Å²) in [4.78, 5) is 11.5. The molecule has 1 aliphatic heterocycles. The van der Waals surface area contributed by atoms with Crippen LogP contribution in [0.5, 0.6) is 11.5 Å². The second-order valence-electron chi connectivity index (χ2n) is 8.89. The van der Waals surface area contributed by atoms with Gasteiger partial charge in [0, 0.05) is 24.6 Å². The topological polar surface area (TPSA) is 56.8 Å². The summed E-state index contributed by atoms with van der Waals surface area (Å²) in [5.41, 5.74) is 3.20. The summed E-state index contributed by atoms with van der Waals surface area (Å²) in [6, 6.07) is 27.5. The van der Waals surface area contributed by atoms with Crippen LogP contribution < -0.4 is 14.8 Å². The predicted molar refractivity (Wildman–Crippen MR) is 137 cm³/mol. The minimum absolute atomic E-state index is 0.000354. The van der Waals surface area contributed by atoms with Gasteiger partial charge in [0.1, 0.15) is 11.9 Å². The van der Waals surface area contributed by atoms with Crippen molar-refractivity contribution in [2.24, 2.45) is 0 Å². The lowest BCUT2D eigenvalue weighted by Crippen LogP contribution is -2.35. The van der Waals surface area contributed by atoms with Gasteiger partial charge in [-0.1, -0.05) is 66.7 Å². The van der Waals surface area contributed by atoms with E-state index in [1.54, 1.807) is 12.1 Å². The van der Waals surface area contributed by atoms with E-state index in [9.17, 15) is 9.18 Å². The Morgan fingerprint density at radius 3 is 2.72 bits per heavy atom. The number of nitrogens with one attached hydrogen (secondary N) is 1. The minimum atomic E-state index is -0.562. The molecule has 0 radical (unpaired) electrons. The molecule has 5 nitrogen and oxygen atoms in total. The number of para-hydroxylation sites is 1. The van der Waals surface area contributed by atoms with Gasteiger partial charge in [0.2, 0.25) is 0 Å². The summed E-state index contributed by atoms with van der Waals surface area (Å²) in [6.45, 7) is 1.05. The van der Waals surface area contributed by atoms with Crippen molar-refractivity contribution in [1.82, 2.24) is 5.32 Å². The van der Waals surface area contributed by atoms with Crippen LogP contribution in [-0.4, -0.2) is 32.3 Å². The average molecular weight is 486 g/mol. The Balaban J connectivity index is 1.33. The van der Waals surface area contributed by atoms with Gasteiger partial charge in [0.05, 0.1) is 7.11 Å². The molecule has 0 spiro atoms. The van der Waals surface area contributed by atoms with Crippen LogP contribution in [0.4, 0.5) is 4.39 Å². The molecule has 1 heterocycles. The lowest BCUT2D eigenvalue weighted by Gasteiger charge is -2.33. The number of hydrogen-bond acceptors (Lipinski definition) is 5. The highest BCUT2D eigenvalue weighted by Gasteiger charge is 2.29. The normalized spacial score (nSPS) is 16.7. The molecule has 0 aromatic heterocycles. The lowest BCUT2D eigenvalue weighted by molar-refractivity contribution is -0.142. The Kier molecular flexibility index (Phi) is 7.14. The molecule has 2 unspecified atom stereocenters. The molecule has 0 aliphatic carbocycles. The number of ether oxygens (including phenoxy) is 3. The van der Waals surface area contributed by atoms with Crippen LogP contribution in [0.1, 0.15) is 29.0 Å². The van der Waals surface area contributed by atoms with Crippen molar-refractivity contribution in [3.63, 3.8) is 0 Å². The van der Waals surface area contributed by atoms with Crippen molar-refractivity contribution >= 4 is 16.7 Å². The van der Waals surface area contributed by atoms with Crippen LogP contribution in [0.2, 0.25) is 0 Å². The van der Waals surface area contributed by atoms with E-state index in [2.05, 4.69) is 46.5 Å². The fraction of sp³-hybridized carbons (Fsp3) is 0.233. The molecule has 5 rings (SSSR count). The highest BCUT2D eigenvalue weighted by Crippen LogP contribution is 2.41. The van der Waals surface area contributed by atoms with Crippen molar-refractivity contribution < 1.29 is 23.4 Å². The Hall–Kier alpha value is -3.90. The van der Waals surface area contributed by atoms with Crippen molar-refractivity contribution in [1.29, 1.82) is 0 Å². The smallest absolute Gasteiger partial charge is 0.343 e. The Bertz CT molecular complexity index is 1370. The first kappa shape index (κ1) is 23.8. The molecular formula is C30H28FNO4. The van der Waals surface area contributed by atoms with Crippen LogP contribution in [0.15, 0.2) is 84.9 Å². The van der Waals surface area contributed by atoms with Gasteiger partial charge in [-0.3, -0.25) is 0 Å². The first-order chi connectivity index (χ1) is 17.6. The minimum Gasteiger partial charge on any atom is -0.489 e. The van der Waals surface area contributed by atoms with Crippen LogP contribution >= 0.6 is 0 Å². The average Bonchev–Trinajstić information content (AvgIpc) is 2.92. The van der Waals surface area contributed by atoms with E-state index in [0.717, 1.165) is 29.8 Å². The summed E-state index contributed by atoms with van der Waals surface area (Å²) in [6.07, 6.45) is 0.658. The van der Waals surface area contributed by atoms with E-state index >= 15 is 0 Å². The fourth-order valence-corrected chi connectivity index (χ4v) is 4.79. The number of hydrogen-bond donors (Lipinski definition) is 1. The molecule has 0 fully saturated rings. The van der Waals surface area contributed by atoms with Crippen LogP contribution in [0.3, 0.4) is 0 Å². The van der Waals surface area contributed by atoms with Gasteiger partial charge in [0.25, 0.3) is 0 Å². The van der Waals surface area contributed by atoms with E-state index in [4.69, 9.17) is 9.47 Å². The second kappa shape index (κ2) is 10.8. The molecule has 0 amide bonds. The van der Waals surface area contributed by atoms with Gasteiger partial charge in [-0.05, 0) is 46.5 Å².